The fourth-order valence-electron chi connectivity index (χ4n) is 1.79. The van der Waals surface area contributed by atoms with Crippen LogP contribution in [0.1, 0.15) is 6.42 Å². The third-order valence-corrected chi connectivity index (χ3v) is 5.44. The number of benzene rings is 2. The maximum absolute atomic E-state index is 12.0. The van der Waals surface area contributed by atoms with Crippen LogP contribution in [0, 0.1) is 0 Å². The molecule has 0 spiro atoms. The van der Waals surface area contributed by atoms with Crippen LogP contribution in [0.15, 0.2) is 47.4 Å². The van der Waals surface area contributed by atoms with Crippen molar-refractivity contribution < 1.29 is 13.2 Å². The lowest BCUT2D eigenvalue weighted by Gasteiger charge is -2.08. The zero-order chi connectivity index (χ0) is 17.7. The minimum atomic E-state index is -3.69. The Morgan fingerprint density at radius 2 is 1.62 bits per heavy atom. The Balaban J connectivity index is 1.87. The lowest BCUT2D eigenvalue weighted by Crippen LogP contribution is -2.27. The molecule has 9 heteroatoms. The smallest absolute Gasteiger partial charge is 0.240 e. The summed E-state index contributed by atoms with van der Waals surface area (Å²) in [7, 11) is -3.69. The van der Waals surface area contributed by atoms with Crippen molar-refractivity contribution >= 4 is 56.4 Å². The first kappa shape index (κ1) is 19.0. The van der Waals surface area contributed by atoms with Gasteiger partial charge in [0.1, 0.15) is 0 Å². The quantitative estimate of drug-likeness (QED) is 0.761. The van der Waals surface area contributed by atoms with Crippen LogP contribution in [-0.2, 0) is 14.8 Å². The molecule has 0 aliphatic heterocycles. The van der Waals surface area contributed by atoms with Crippen molar-refractivity contribution in [1.82, 2.24) is 4.72 Å². The molecule has 24 heavy (non-hydrogen) atoms. The molecule has 0 saturated carbocycles. The van der Waals surface area contributed by atoms with Gasteiger partial charge in [0.05, 0.1) is 14.9 Å². The molecule has 0 fully saturated rings. The number of sulfonamides is 1. The van der Waals surface area contributed by atoms with E-state index in [2.05, 4.69) is 10.0 Å². The molecule has 0 atom stereocenters. The molecule has 0 saturated heterocycles. The number of hydrogen-bond acceptors (Lipinski definition) is 3. The highest BCUT2D eigenvalue weighted by molar-refractivity contribution is 7.89. The average molecular weight is 408 g/mol. The summed E-state index contributed by atoms with van der Waals surface area (Å²) in [4.78, 5) is 11.9. The molecular formula is C15H13Cl3N2O3S. The second-order valence-electron chi connectivity index (χ2n) is 4.78. The molecule has 2 rings (SSSR count). The van der Waals surface area contributed by atoms with Crippen LogP contribution in [0.3, 0.4) is 0 Å². The van der Waals surface area contributed by atoms with Crippen LogP contribution in [0.2, 0.25) is 15.1 Å². The summed E-state index contributed by atoms with van der Waals surface area (Å²) in [6, 6.07) is 10.4. The molecule has 1 amide bonds. The fraction of sp³-hybridized carbons (Fsp3) is 0.133. The van der Waals surface area contributed by atoms with E-state index in [1.165, 1.54) is 30.3 Å². The summed E-state index contributed by atoms with van der Waals surface area (Å²) in [6.45, 7) is -0.0435. The molecule has 0 heterocycles. The van der Waals surface area contributed by atoms with Crippen molar-refractivity contribution in [3.63, 3.8) is 0 Å². The topological polar surface area (TPSA) is 75.3 Å². The summed E-state index contributed by atoms with van der Waals surface area (Å²) in [6.07, 6.45) is -0.0347. The number of anilines is 1. The SMILES string of the molecule is O=C(CCNS(=O)(=O)c1ccc(Cl)cc1)Nc1ccc(Cl)c(Cl)c1. The van der Waals surface area contributed by atoms with Gasteiger partial charge in [-0.1, -0.05) is 34.8 Å². The molecule has 2 aromatic carbocycles. The summed E-state index contributed by atoms with van der Waals surface area (Å²) in [5, 5.41) is 3.75. The van der Waals surface area contributed by atoms with Gasteiger partial charge in [-0.05, 0) is 42.5 Å². The Hall–Kier alpha value is -1.31. The molecule has 2 aromatic rings. The first-order valence-electron chi connectivity index (χ1n) is 6.78. The van der Waals surface area contributed by atoms with Gasteiger partial charge in [-0.15, -0.1) is 0 Å². The largest absolute Gasteiger partial charge is 0.326 e. The summed E-state index contributed by atoms with van der Waals surface area (Å²) < 4.78 is 26.4. The molecule has 128 valence electrons. The van der Waals surface area contributed by atoms with Crippen LogP contribution in [0.4, 0.5) is 5.69 Å². The van der Waals surface area contributed by atoms with Crippen molar-refractivity contribution in [3.8, 4) is 0 Å². The zero-order valence-electron chi connectivity index (χ0n) is 12.2. The molecule has 0 aromatic heterocycles. The second kappa shape index (κ2) is 8.18. The lowest BCUT2D eigenvalue weighted by atomic mass is 10.3. The van der Waals surface area contributed by atoms with E-state index in [9.17, 15) is 13.2 Å². The maximum atomic E-state index is 12.0. The van der Waals surface area contributed by atoms with Crippen molar-refractivity contribution in [1.29, 1.82) is 0 Å². The van der Waals surface area contributed by atoms with Gasteiger partial charge in [0.2, 0.25) is 15.9 Å². The van der Waals surface area contributed by atoms with Crippen molar-refractivity contribution in [2.24, 2.45) is 0 Å². The van der Waals surface area contributed by atoms with Gasteiger partial charge in [0.15, 0.2) is 0 Å². The Bertz CT molecular complexity index is 840. The molecule has 0 bridgehead atoms. The highest BCUT2D eigenvalue weighted by Crippen LogP contribution is 2.25. The lowest BCUT2D eigenvalue weighted by molar-refractivity contribution is -0.116. The normalized spacial score (nSPS) is 11.3. The number of rotatable bonds is 6. The maximum Gasteiger partial charge on any atom is 0.240 e. The van der Waals surface area contributed by atoms with Crippen LogP contribution in [0.5, 0.6) is 0 Å². The van der Waals surface area contributed by atoms with E-state index < -0.39 is 10.0 Å². The summed E-state index contributed by atoms with van der Waals surface area (Å²) in [5.41, 5.74) is 0.481. The Kier molecular flexibility index (Phi) is 6.48. The standard InChI is InChI=1S/C15H13Cl3N2O3S/c16-10-1-4-12(5-2-10)24(22,23)19-8-7-15(21)20-11-3-6-13(17)14(18)9-11/h1-6,9,19H,7-8H2,(H,20,21). The molecule has 0 radical (unpaired) electrons. The van der Waals surface area contributed by atoms with Gasteiger partial charge in [0, 0.05) is 23.7 Å². The van der Waals surface area contributed by atoms with Crippen LogP contribution >= 0.6 is 34.8 Å². The van der Waals surface area contributed by atoms with E-state index >= 15 is 0 Å². The minimum absolute atomic E-state index is 0.0347. The number of hydrogen-bond donors (Lipinski definition) is 2. The molecule has 0 unspecified atom stereocenters. The number of halogens is 3. The third kappa shape index (κ3) is 5.36. The monoisotopic (exact) mass is 406 g/mol. The fourth-order valence-corrected chi connectivity index (χ4v) is 3.25. The molecule has 0 aliphatic carbocycles. The Labute approximate surface area is 155 Å². The van der Waals surface area contributed by atoms with Gasteiger partial charge in [0.25, 0.3) is 0 Å². The van der Waals surface area contributed by atoms with E-state index in [4.69, 9.17) is 34.8 Å². The van der Waals surface area contributed by atoms with Crippen LogP contribution in [-0.4, -0.2) is 20.9 Å². The minimum Gasteiger partial charge on any atom is -0.326 e. The molecule has 0 aliphatic rings. The van der Waals surface area contributed by atoms with Crippen molar-refractivity contribution in [3.05, 3.63) is 57.5 Å². The Morgan fingerprint density at radius 3 is 2.25 bits per heavy atom. The number of nitrogens with one attached hydrogen (secondary N) is 2. The van der Waals surface area contributed by atoms with E-state index in [1.807, 2.05) is 0 Å². The predicted molar refractivity (Wildman–Crippen MR) is 96.3 cm³/mol. The van der Waals surface area contributed by atoms with Crippen LogP contribution < -0.4 is 10.0 Å². The molecular weight excluding hydrogens is 395 g/mol. The number of carbonyl (C=O) groups excluding carboxylic acids is 1. The number of carbonyl (C=O) groups is 1. The van der Waals surface area contributed by atoms with Gasteiger partial charge in [-0.3, -0.25) is 4.79 Å². The van der Waals surface area contributed by atoms with Crippen molar-refractivity contribution in [2.75, 3.05) is 11.9 Å². The van der Waals surface area contributed by atoms with Gasteiger partial charge in [-0.25, -0.2) is 13.1 Å². The first-order chi connectivity index (χ1) is 11.3. The molecule has 5 nitrogen and oxygen atoms in total. The van der Waals surface area contributed by atoms with Crippen LogP contribution in [0.25, 0.3) is 0 Å². The van der Waals surface area contributed by atoms with E-state index in [0.717, 1.165) is 0 Å². The van der Waals surface area contributed by atoms with Gasteiger partial charge >= 0.3 is 0 Å². The van der Waals surface area contributed by atoms with E-state index in [0.29, 0.717) is 20.8 Å². The van der Waals surface area contributed by atoms with Gasteiger partial charge in [-0.2, -0.15) is 0 Å². The Morgan fingerprint density at radius 1 is 0.958 bits per heavy atom. The predicted octanol–water partition coefficient (Wildman–Crippen LogP) is 3.95. The molecule has 2 N–H and O–H groups in total. The summed E-state index contributed by atoms with van der Waals surface area (Å²) >= 11 is 17.4. The average Bonchev–Trinajstić information content (AvgIpc) is 2.51. The second-order valence-corrected chi connectivity index (χ2v) is 7.80. The number of amides is 1. The van der Waals surface area contributed by atoms with Gasteiger partial charge < -0.3 is 5.32 Å². The van der Waals surface area contributed by atoms with E-state index in [-0.39, 0.29) is 23.8 Å². The first-order valence-corrected chi connectivity index (χ1v) is 9.40. The zero-order valence-corrected chi connectivity index (χ0v) is 15.3. The third-order valence-electron chi connectivity index (χ3n) is 2.97. The summed E-state index contributed by atoms with van der Waals surface area (Å²) in [5.74, 6) is -0.354. The highest BCUT2D eigenvalue weighted by Gasteiger charge is 2.14. The highest BCUT2D eigenvalue weighted by atomic mass is 35.5. The van der Waals surface area contributed by atoms with E-state index in [1.54, 1.807) is 12.1 Å². The van der Waals surface area contributed by atoms with Crippen molar-refractivity contribution in [2.45, 2.75) is 11.3 Å².